The van der Waals surface area contributed by atoms with Gasteiger partial charge in [0.05, 0.1) is 6.54 Å². The van der Waals surface area contributed by atoms with Crippen LogP contribution in [0.5, 0.6) is 0 Å². The summed E-state index contributed by atoms with van der Waals surface area (Å²) >= 11 is 0. The van der Waals surface area contributed by atoms with Crippen LogP contribution >= 0.6 is 0 Å². The largest absolute Gasteiger partial charge is 0.480 e. The van der Waals surface area contributed by atoms with E-state index in [1.165, 1.54) is 0 Å². The fourth-order valence-corrected chi connectivity index (χ4v) is 0.565. The molecule has 5 heteroatoms. The van der Waals surface area contributed by atoms with E-state index in [1.807, 2.05) is 0 Å². The molecule has 0 aliphatic carbocycles. The minimum Gasteiger partial charge on any atom is -0.480 e. The van der Waals surface area contributed by atoms with Gasteiger partial charge in [0.2, 0.25) is 0 Å². The molecule has 1 unspecified atom stereocenters. The normalized spacial score (nSPS) is 12.9. The molecule has 0 aromatic heterocycles. The number of carboxylic acid groups (broad SMARTS) is 1. The van der Waals surface area contributed by atoms with E-state index in [4.69, 9.17) is 10.2 Å². The molecule has 0 aromatic rings. The maximum Gasteiger partial charge on any atom is 0.317 e. The molecule has 0 aromatic carbocycles. The number of aliphatic carboxylic acids is 1. The first-order valence-electron chi connectivity index (χ1n) is 3.47. The van der Waals surface area contributed by atoms with E-state index >= 15 is 0 Å². The van der Waals surface area contributed by atoms with Crippen LogP contribution in [-0.4, -0.2) is 42.0 Å². The zero-order valence-corrected chi connectivity index (χ0v) is 6.50. The maximum atomic E-state index is 9.96. The zero-order chi connectivity index (χ0) is 8.69. The average molecular weight is 162 g/mol. The van der Waals surface area contributed by atoms with Crippen LogP contribution in [0, 0.1) is 0 Å². The summed E-state index contributed by atoms with van der Waals surface area (Å²) in [5.41, 5.74) is 0. The van der Waals surface area contributed by atoms with Crippen molar-refractivity contribution in [1.29, 1.82) is 0 Å². The van der Waals surface area contributed by atoms with E-state index in [2.05, 4.69) is 10.6 Å². The summed E-state index contributed by atoms with van der Waals surface area (Å²) in [6.45, 7) is 2.67. The highest BCUT2D eigenvalue weighted by molar-refractivity contribution is 5.68. The first kappa shape index (κ1) is 10.3. The van der Waals surface area contributed by atoms with Crippen LogP contribution in [0.1, 0.15) is 6.92 Å². The van der Waals surface area contributed by atoms with Crippen LogP contribution in [0.3, 0.4) is 0 Å². The lowest BCUT2D eigenvalue weighted by Gasteiger charge is -2.06. The van der Waals surface area contributed by atoms with Crippen LogP contribution in [0.4, 0.5) is 0 Å². The standard InChI is InChI=1S/C6H14N2O3/c1-5(9)8-3-2-7-4-6(10)11/h5,7-9H,2-4H2,1H3,(H,10,11). The Morgan fingerprint density at radius 1 is 1.55 bits per heavy atom. The zero-order valence-electron chi connectivity index (χ0n) is 6.50. The third-order valence-corrected chi connectivity index (χ3v) is 1.02. The van der Waals surface area contributed by atoms with Crippen molar-refractivity contribution in [2.24, 2.45) is 0 Å². The molecule has 66 valence electrons. The van der Waals surface area contributed by atoms with Gasteiger partial charge < -0.3 is 15.5 Å². The molecular weight excluding hydrogens is 148 g/mol. The van der Waals surface area contributed by atoms with Gasteiger partial charge in [0.15, 0.2) is 0 Å². The molecule has 5 nitrogen and oxygen atoms in total. The monoisotopic (exact) mass is 162 g/mol. The molecule has 0 aliphatic rings. The molecular formula is C6H14N2O3. The van der Waals surface area contributed by atoms with Gasteiger partial charge in [-0.05, 0) is 6.92 Å². The number of carboxylic acids is 1. The molecule has 4 N–H and O–H groups in total. The highest BCUT2D eigenvalue weighted by Gasteiger charge is 1.95. The summed E-state index contributed by atoms with van der Waals surface area (Å²) in [4.78, 5) is 9.96. The van der Waals surface area contributed by atoms with E-state index in [1.54, 1.807) is 6.92 Å². The first-order chi connectivity index (χ1) is 5.13. The third-order valence-electron chi connectivity index (χ3n) is 1.02. The van der Waals surface area contributed by atoms with Crippen molar-refractivity contribution < 1.29 is 15.0 Å². The Morgan fingerprint density at radius 2 is 2.18 bits per heavy atom. The highest BCUT2D eigenvalue weighted by atomic mass is 16.4. The van der Waals surface area contributed by atoms with Gasteiger partial charge in [-0.3, -0.25) is 10.1 Å². The fraction of sp³-hybridized carbons (Fsp3) is 0.833. The Labute approximate surface area is 65.4 Å². The predicted octanol–water partition coefficient (Wildman–Crippen LogP) is -1.41. The van der Waals surface area contributed by atoms with Crippen LogP contribution in [0.2, 0.25) is 0 Å². The summed E-state index contributed by atoms with van der Waals surface area (Å²) < 4.78 is 0. The van der Waals surface area contributed by atoms with Gasteiger partial charge >= 0.3 is 5.97 Å². The number of carbonyl (C=O) groups is 1. The smallest absolute Gasteiger partial charge is 0.317 e. The van der Waals surface area contributed by atoms with E-state index in [9.17, 15) is 4.79 Å². The van der Waals surface area contributed by atoms with Gasteiger partial charge in [0.25, 0.3) is 0 Å². The van der Waals surface area contributed by atoms with Crippen molar-refractivity contribution in [2.45, 2.75) is 13.2 Å². The second-order valence-corrected chi connectivity index (χ2v) is 2.20. The van der Waals surface area contributed by atoms with Crippen LogP contribution in [-0.2, 0) is 4.79 Å². The lowest BCUT2D eigenvalue weighted by Crippen LogP contribution is -2.34. The van der Waals surface area contributed by atoms with Crippen LogP contribution in [0.25, 0.3) is 0 Å². The molecule has 0 spiro atoms. The quantitative estimate of drug-likeness (QED) is 0.285. The van der Waals surface area contributed by atoms with Gasteiger partial charge in [-0.1, -0.05) is 0 Å². The number of hydrogen-bond donors (Lipinski definition) is 4. The minimum absolute atomic E-state index is 0.0402. The molecule has 0 heterocycles. The molecule has 0 fully saturated rings. The number of nitrogens with one attached hydrogen (secondary N) is 2. The predicted molar refractivity (Wildman–Crippen MR) is 40.2 cm³/mol. The molecule has 0 aliphatic heterocycles. The van der Waals surface area contributed by atoms with Crippen molar-refractivity contribution in [1.82, 2.24) is 10.6 Å². The molecule has 0 rings (SSSR count). The van der Waals surface area contributed by atoms with Crippen molar-refractivity contribution >= 4 is 5.97 Å². The van der Waals surface area contributed by atoms with Gasteiger partial charge in [0.1, 0.15) is 6.23 Å². The molecule has 0 bridgehead atoms. The molecule has 0 amide bonds. The summed E-state index contributed by atoms with van der Waals surface area (Å²) in [6.07, 6.45) is -0.540. The Bertz CT molecular complexity index is 116. The SMILES string of the molecule is CC(O)NCCNCC(=O)O. The van der Waals surface area contributed by atoms with Crippen LogP contribution < -0.4 is 10.6 Å². The first-order valence-corrected chi connectivity index (χ1v) is 3.47. The fourth-order valence-electron chi connectivity index (χ4n) is 0.565. The Kier molecular flexibility index (Phi) is 5.73. The Hall–Kier alpha value is -0.650. The third kappa shape index (κ3) is 9.35. The summed E-state index contributed by atoms with van der Waals surface area (Å²) in [5.74, 6) is -0.873. The molecule has 0 saturated carbocycles. The summed E-state index contributed by atoms with van der Waals surface area (Å²) in [5, 5.41) is 22.3. The molecule has 0 saturated heterocycles. The Balaban J connectivity index is 2.97. The topological polar surface area (TPSA) is 81.6 Å². The van der Waals surface area contributed by atoms with Gasteiger partial charge in [-0.15, -0.1) is 0 Å². The summed E-state index contributed by atoms with van der Waals surface area (Å²) in [7, 11) is 0. The van der Waals surface area contributed by atoms with Crippen molar-refractivity contribution in [3.63, 3.8) is 0 Å². The lowest BCUT2D eigenvalue weighted by molar-refractivity contribution is -0.135. The van der Waals surface area contributed by atoms with Crippen molar-refractivity contribution in [3.05, 3.63) is 0 Å². The van der Waals surface area contributed by atoms with Crippen molar-refractivity contribution in [3.8, 4) is 0 Å². The maximum absolute atomic E-state index is 9.96. The van der Waals surface area contributed by atoms with E-state index in [0.717, 1.165) is 0 Å². The minimum atomic E-state index is -0.873. The average Bonchev–Trinajstić information content (AvgIpc) is 1.85. The Morgan fingerprint density at radius 3 is 2.64 bits per heavy atom. The van der Waals surface area contributed by atoms with Gasteiger partial charge in [-0.25, -0.2) is 0 Å². The van der Waals surface area contributed by atoms with Gasteiger partial charge in [0, 0.05) is 13.1 Å². The number of rotatable bonds is 6. The second-order valence-electron chi connectivity index (χ2n) is 2.20. The lowest BCUT2D eigenvalue weighted by atomic mass is 10.5. The van der Waals surface area contributed by atoms with E-state index in [-0.39, 0.29) is 6.54 Å². The highest BCUT2D eigenvalue weighted by Crippen LogP contribution is 1.68. The molecule has 1 atom stereocenters. The number of aliphatic hydroxyl groups is 1. The van der Waals surface area contributed by atoms with E-state index < -0.39 is 12.2 Å². The molecule has 0 radical (unpaired) electrons. The number of hydrogen-bond acceptors (Lipinski definition) is 4. The second kappa shape index (κ2) is 6.09. The van der Waals surface area contributed by atoms with E-state index in [0.29, 0.717) is 13.1 Å². The van der Waals surface area contributed by atoms with Gasteiger partial charge in [-0.2, -0.15) is 0 Å². The van der Waals surface area contributed by atoms with Crippen molar-refractivity contribution in [2.75, 3.05) is 19.6 Å². The molecule has 11 heavy (non-hydrogen) atoms. The van der Waals surface area contributed by atoms with Crippen LogP contribution in [0.15, 0.2) is 0 Å². The summed E-state index contributed by atoms with van der Waals surface area (Å²) in [6, 6.07) is 0. The number of aliphatic hydroxyl groups excluding tert-OH is 1.